The molecule has 4 aromatic rings. The van der Waals surface area contributed by atoms with Crippen LogP contribution in [0.2, 0.25) is 0 Å². The van der Waals surface area contributed by atoms with Crippen LogP contribution in [-0.4, -0.2) is 79.6 Å². The monoisotopic (exact) mass is 726 g/mol. The molecule has 0 spiro atoms. The van der Waals surface area contributed by atoms with Crippen LogP contribution in [0.4, 0.5) is 23.3 Å². The first kappa shape index (κ1) is 41.2. The van der Waals surface area contributed by atoms with E-state index in [9.17, 15) is 25.3 Å². The summed E-state index contributed by atoms with van der Waals surface area (Å²) in [5.41, 5.74) is 18.9. The number of nitrogen functional groups attached to an aromatic ring is 3. The number of hydrogen-bond acceptors (Lipinski definition) is 14. The zero-order valence-electron chi connectivity index (χ0n) is 26.8. The van der Waals surface area contributed by atoms with Gasteiger partial charge in [0.25, 0.3) is 20.2 Å². The highest BCUT2D eigenvalue weighted by Crippen LogP contribution is 2.18. The van der Waals surface area contributed by atoms with Crippen molar-refractivity contribution in [3.05, 3.63) is 77.4 Å². The molecule has 0 unspecified atom stereocenters. The molecule has 21 heteroatoms. The minimum absolute atomic E-state index is 0.0193. The van der Waals surface area contributed by atoms with Gasteiger partial charge < -0.3 is 22.1 Å². The zero-order valence-corrected chi connectivity index (χ0v) is 29.3. The normalized spacial score (nSPS) is 11.3. The van der Waals surface area contributed by atoms with Gasteiger partial charge in [0, 0.05) is 26.5 Å². The molecule has 0 aliphatic carbocycles. The second kappa shape index (κ2) is 17.4. The lowest BCUT2D eigenvalue weighted by Gasteiger charge is -2.04. The molecule has 0 saturated heterocycles. The summed E-state index contributed by atoms with van der Waals surface area (Å²) in [6.45, 7) is 6.88. The van der Waals surface area contributed by atoms with Gasteiger partial charge >= 0.3 is 0 Å². The number of hydrogen-bond donors (Lipinski definition) is 6. The van der Waals surface area contributed by atoms with Gasteiger partial charge in [-0.3, -0.25) is 9.11 Å². The standard InChI is InChI=1S/C9H13N3O3S.C6H9N3O2S.C6H8N2O3S.C6H8N2/c1-7-4-8(16(13,14)15)5-10-9(7)11-6-12(2)3;1-4-2-5(12(8,10)11)3-9-6(4)7;1-4-2-5(12(9,10)11)3-8-6(4)7;1-5-3-2-4-8-6(5)7/h4-6H,1-3H3,(H,13,14,15);2-3H,1H3,(H2,7,9)(H2,8,10,11);2-3H,1H3,(H2,7,8)(H,9,10,11);2-4H,1H3,(H2,7,8). The van der Waals surface area contributed by atoms with Crippen LogP contribution in [-0.2, 0) is 30.3 Å². The van der Waals surface area contributed by atoms with E-state index in [4.69, 9.17) is 31.4 Å². The number of aromatic nitrogens is 4. The third-order valence-corrected chi connectivity index (χ3v) is 8.12. The Morgan fingerprint density at radius 3 is 1.44 bits per heavy atom. The summed E-state index contributed by atoms with van der Waals surface area (Å²) < 4.78 is 81.8. The topological polar surface area (TPSA) is 314 Å². The molecule has 18 nitrogen and oxygen atoms in total. The maximum absolute atomic E-state index is 10.8. The van der Waals surface area contributed by atoms with Gasteiger partial charge in [-0.25, -0.2) is 38.5 Å². The summed E-state index contributed by atoms with van der Waals surface area (Å²) in [6, 6.07) is 7.77. The molecule has 4 rings (SSSR count). The molecular weight excluding hydrogens is 689 g/mol. The Hall–Kier alpha value is -4.80. The molecule has 48 heavy (non-hydrogen) atoms. The van der Waals surface area contributed by atoms with Crippen molar-refractivity contribution in [2.24, 2.45) is 10.1 Å². The van der Waals surface area contributed by atoms with E-state index in [-0.39, 0.29) is 20.5 Å². The van der Waals surface area contributed by atoms with Crippen molar-refractivity contribution in [3.8, 4) is 0 Å². The van der Waals surface area contributed by atoms with Crippen molar-refractivity contribution in [1.82, 2.24) is 24.8 Å². The number of nitrogens with zero attached hydrogens (tertiary/aromatic N) is 6. The summed E-state index contributed by atoms with van der Waals surface area (Å²) in [7, 11) is -8.40. The van der Waals surface area contributed by atoms with Crippen LogP contribution in [0.15, 0.2) is 74.8 Å². The van der Waals surface area contributed by atoms with Gasteiger partial charge in [0.2, 0.25) is 10.0 Å². The second-order valence-corrected chi connectivity index (χ2v) is 14.4. The maximum atomic E-state index is 10.8. The van der Waals surface area contributed by atoms with Crippen LogP contribution in [0.3, 0.4) is 0 Å². The van der Waals surface area contributed by atoms with E-state index in [2.05, 4.69) is 24.9 Å². The lowest BCUT2D eigenvalue weighted by Crippen LogP contribution is -2.13. The summed E-state index contributed by atoms with van der Waals surface area (Å²) in [5, 5.41) is 4.87. The van der Waals surface area contributed by atoms with Gasteiger partial charge in [-0.2, -0.15) is 16.8 Å². The van der Waals surface area contributed by atoms with Gasteiger partial charge in [-0.15, -0.1) is 0 Å². The fourth-order valence-corrected chi connectivity index (χ4v) is 4.47. The van der Waals surface area contributed by atoms with E-state index >= 15 is 0 Å². The number of nitrogens with two attached hydrogens (primary N) is 4. The molecular formula is C27H38N10O8S3. The predicted octanol–water partition coefficient (Wildman–Crippen LogP) is 1.67. The van der Waals surface area contributed by atoms with E-state index < -0.39 is 30.3 Å². The first-order valence-electron chi connectivity index (χ1n) is 13.2. The first-order valence-corrected chi connectivity index (χ1v) is 17.6. The summed E-state index contributed by atoms with van der Waals surface area (Å²) in [6.07, 6.45) is 6.46. The summed E-state index contributed by atoms with van der Waals surface area (Å²) in [5.74, 6) is 1.60. The van der Waals surface area contributed by atoms with Gasteiger partial charge in [-0.05, 0) is 74.2 Å². The molecule has 10 N–H and O–H groups in total. The minimum atomic E-state index is -4.20. The fourth-order valence-electron chi connectivity index (χ4n) is 2.90. The molecule has 0 aliphatic heterocycles. The molecule has 0 bridgehead atoms. The third kappa shape index (κ3) is 14.3. The van der Waals surface area contributed by atoms with Gasteiger partial charge in [-0.1, -0.05) is 6.07 Å². The van der Waals surface area contributed by atoms with E-state index in [1.54, 1.807) is 38.2 Å². The first-order chi connectivity index (χ1) is 21.9. The maximum Gasteiger partial charge on any atom is 0.296 e. The Bertz CT molecular complexity index is 1970. The molecule has 262 valence electrons. The Morgan fingerprint density at radius 1 is 0.667 bits per heavy atom. The summed E-state index contributed by atoms with van der Waals surface area (Å²) in [4.78, 5) is 20.2. The van der Waals surface area contributed by atoms with E-state index in [1.807, 2.05) is 33.2 Å². The number of aryl methyl sites for hydroxylation is 4. The third-order valence-electron chi connectivity index (χ3n) is 5.60. The molecule has 0 atom stereocenters. The van der Waals surface area contributed by atoms with Crippen molar-refractivity contribution in [3.63, 3.8) is 0 Å². The number of sulfonamides is 1. The molecule has 4 aromatic heterocycles. The number of aliphatic imine (C=N–C) groups is 1. The van der Waals surface area contributed by atoms with Crippen molar-refractivity contribution in [1.29, 1.82) is 0 Å². The molecule has 0 radical (unpaired) electrons. The van der Waals surface area contributed by atoms with Crippen molar-refractivity contribution < 1.29 is 34.4 Å². The highest BCUT2D eigenvalue weighted by Gasteiger charge is 2.12. The number of pyridine rings is 4. The predicted molar refractivity (Wildman–Crippen MR) is 182 cm³/mol. The van der Waals surface area contributed by atoms with E-state index in [0.717, 1.165) is 24.2 Å². The van der Waals surface area contributed by atoms with E-state index in [0.29, 0.717) is 34.1 Å². The van der Waals surface area contributed by atoms with Crippen LogP contribution < -0.4 is 22.3 Å². The Labute approximate surface area is 279 Å². The van der Waals surface area contributed by atoms with Crippen LogP contribution >= 0.6 is 0 Å². The molecule has 4 heterocycles. The highest BCUT2D eigenvalue weighted by molar-refractivity contribution is 7.89. The molecule has 0 aromatic carbocycles. The fraction of sp³-hybridized carbons (Fsp3) is 0.222. The number of primary sulfonamides is 1. The average Bonchev–Trinajstić information content (AvgIpc) is 2.96. The molecule has 0 amide bonds. The largest absolute Gasteiger partial charge is 0.383 e. The highest BCUT2D eigenvalue weighted by atomic mass is 32.2. The number of rotatable bonds is 5. The molecule has 0 saturated carbocycles. The number of anilines is 3. The van der Waals surface area contributed by atoms with Crippen LogP contribution in [0.25, 0.3) is 0 Å². The van der Waals surface area contributed by atoms with Crippen molar-refractivity contribution in [2.75, 3.05) is 31.3 Å². The molecule has 0 aliphatic rings. The SMILES string of the molecule is Cc1cc(S(=O)(=O)O)cnc1N.Cc1cc(S(=O)(=O)O)cnc1N=CN(C)C.Cc1cc(S(N)(=O)=O)cnc1N.Cc1cccnc1N. The zero-order chi connectivity index (χ0) is 37.0. The van der Waals surface area contributed by atoms with Crippen LogP contribution in [0, 0.1) is 27.7 Å². The lowest BCUT2D eigenvalue weighted by molar-refractivity contribution is 0.480. The average molecular weight is 727 g/mol. The lowest BCUT2D eigenvalue weighted by atomic mass is 10.3. The van der Waals surface area contributed by atoms with Gasteiger partial charge in [0.1, 0.15) is 32.1 Å². The Kier molecular flexibility index (Phi) is 14.9. The van der Waals surface area contributed by atoms with Crippen LogP contribution in [0.1, 0.15) is 22.3 Å². The van der Waals surface area contributed by atoms with Crippen molar-refractivity contribution >= 4 is 59.9 Å². The Morgan fingerprint density at radius 2 is 1.08 bits per heavy atom. The van der Waals surface area contributed by atoms with Crippen molar-refractivity contribution in [2.45, 2.75) is 42.4 Å². The summed E-state index contributed by atoms with van der Waals surface area (Å²) >= 11 is 0. The smallest absolute Gasteiger partial charge is 0.296 e. The van der Waals surface area contributed by atoms with Crippen LogP contribution in [0.5, 0.6) is 0 Å². The quantitative estimate of drug-likeness (QED) is 0.0967. The minimum Gasteiger partial charge on any atom is -0.383 e. The second-order valence-electron chi connectivity index (χ2n) is 9.97. The van der Waals surface area contributed by atoms with E-state index in [1.165, 1.54) is 18.2 Å². The van der Waals surface area contributed by atoms with Gasteiger partial charge in [0.15, 0.2) is 5.82 Å². The van der Waals surface area contributed by atoms with Gasteiger partial charge in [0.05, 0.1) is 18.7 Å². The Balaban J connectivity index is 0.000000328. The molecule has 0 fully saturated rings.